The standard InChI is InChI=1S/C13H19NO4S3/c1-19-11-5-3-2-4-10(11)14-21(17,18)13-7-6-9(20-13)8-12(15)16/h6-7,10-11,14H,2-5,8H2,1H3,(H,15,16). The van der Waals surface area contributed by atoms with Gasteiger partial charge in [-0.05, 0) is 31.2 Å². The normalized spacial score (nSPS) is 23.1. The molecule has 1 fully saturated rings. The molecule has 5 nitrogen and oxygen atoms in total. The number of nitrogens with one attached hydrogen (secondary N) is 1. The molecule has 0 aromatic carbocycles. The lowest BCUT2D eigenvalue weighted by Crippen LogP contribution is -2.43. The van der Waals surface area contributed by atoms with E-state index in [4.69, 9.17) is 5.11 Å². The highest BCUT2D eigenvalue weighted by molar-refractivity contribution is 7.99. The number of carboxylic acids is 1. The molecule has 1 aromatic heterocycles. The van der Waals surface area contributed by atoms with E-state index in [2.05, 4.69) is 4.72 Å². The number of aliphatic carboxylic acids is 1. The van der Waals surface area contributed by atoms with Crippen LogP contribution in [-0.2, 0) is 21.2 Å². The third-order valence-corrected chi connectivity index (χ3v) is 7.78. The molecule has 0 bridgehead atoms. The van der Waals surface area contributed by atoms with Crippen molar-refractivity contribution in [2.24, 2.45) is 0 Å². The number of thiophene rings is 1. The van der Waals surface area contributed by atoms with Crippen LogP contribution in [0.1, 0.15) is 30.6 Å². The van der Waals surface area contributed by atoms with Crippen LogP contribution in [0.2, 0.25) is 0 Å². The van der Waals surface area contributed by atoms with E-state index in [1.807, 2.05) is 6.26 Å². The first-order valence-electron chi connectivity index (χ1n) is 6.78. The van der Waals surface area contributed by atoms with Crippen molar-refractivity contribution in [2.45, 2.75) is 47.6 Å². The molecule has 2 N–H and O–H groups in total. The van der Waals surface area contributed by atoms with Crippen LogP contribution in [0.5, 0.6) is 0 Å². The van der Waals surface area contributed by atoms with Gasteiger partial charge in [0.1, 0.15) is 4.21 Å². The Kier molecular flexibility index (Phi) is 5.70. The van der Waals surface area contributed by atoms with Gasteiger partial charge >= 0.3 is 5.97 Å². The van der Waals surface area contributed by atoms with E-state index in [-0.39, 0.29) is 16.7 Å². The minimum absolute atomic E-state index is 0.0382. The summed E-state index contributed by atoms with van der Waals surface area (Å²) in [4.78, 5) is 11.2. The van der Waals surface area contributed by atoms with Gasteiger partial charge in [0.2, 0.25) is 10.0 Å². The highest BCUT2D eigenvalue weighted by Gasteiger charge is 2.29. The van der Waals surface area contributed by atoms with Gasteiger partial charge in [-0.1, -0.05) is 12.8 Å². The largest absolute Gasteiger partial charge is 0.481 e. The maximum atomic E-state index is 12.4. The van der Waals surface area contributed by atoms with Crippen LogP contribution in [0.25, 0.3) is 0 Å². The SMILES string of the molecule is CSC1CCCCC1NS(=O)(=O)c1ccc(CC(=O)O)s1. The molecule has 0 spiro atoms. The van der Waals surface area contributed by atoms with Crippen LogP contribution >= 0.6 is 23.1 Å². The van der Waals surface area contributed by atoms with Crippen molar-refractivity contribution < 1.29 is 18.3 Å². The summed E-state index contributed by atoms with van der Waals surface area (Å²) < 4.78 is 27.8. The molecule has 118 valence electrons. The number of hydrogen-bond acceptors (Lipinski definition) is 5. The molecule has 1 saturated carbocycles. The Balaban J connectivity index is 2.10. The summed E-state index contributed by atoms with van der Waals surface area (Å²) in [6.07, 6.45) is 5.94. The number of rotatable bonds is 6. The van der Waals surface area contributed by atoms with Gasteiger partial charge in [-0.15, -0.1) is 11.3 Å². The molecule has 1 heterocycles. The molecule has 2 rings (SSSR count). The number of carboxylic acid groups (broad SMARTS) is 1. The molecule has 1 aromatic rings. The Bertz CT molecular complexity index is 596. The Hall–Kier alpha value is -0.570. The van der Waals surface area contributed by atoms with Crippen LogP contribution in [0.15, 0.2) is 16.3 Å². The Morgan fingerprint density at radius 1 is 1.43 bits per heavy atom. The summed E-state index contributed by atoms with van der Waals surface area (Å²) in [6.45, 7) is 0. The third-order valence-electron chi connectivity index (χ3n) is 3.54. The molecule has 0 radical (unpaired) electrons. The predicted octanol–water partition coefficient (Wildman–Crippen LogP) is 2.33. The van der Waals surface area contributed by atoms with Gasteiger partial charge in [-0.3, -0.25) is 4.79 Å². The fourth-order valence-electron chi connectivity index (χ4n) is 2.52. The van der Waals surface area contributed by atoms with Crippen molar-refractivity contribution in [3.63, 3.8) is 0 Å². The van der Waals surface area contributed by atoms with Gasteiger partial charge in [0, 0.05) is 16.2 Å². The average molecular weight is 349 g/mol. The smallest absolute Gasteiger partial charge is 0.308 e. The van der Waals surface area contributed by atoms with Crippen LogP contribution in [0.4, 0.5) is 0 Å². The van der Waals surface area contributed by atoms with E-state index >= 15 is 0 Å². The summed E-state index contributed by atoms with van der Waals surface area (Å²) in [7, 11) is -3.56. The lowest BCUT2D eigenvalue weighted by molar-refractivity contribution is -0.136. The molecule has 0 amide bonds. The van der Waals surface area contributed by atoms with Crippen LogP contribution < -0.4 is 4.72 Å². The summed E-state index contributed by atoms with van der Waals surface area (Å²) >= 11 is 2.73. The summed E-state index contributed by atoms with van der Waals surface area (Å²) in [5, 5.41) is 9.06. The highest BCUT2D eigenvalue weighted by Crippen LogP contribution is 2.29. The monoisotopic (exact) mass is 349 g/mol. The van der Waals surface area contributed by atoms with E-state index in [1.54, 1.807) is 17.8 Å². The second-order valence-electron chi connectivity index (χ2n) is 5.08. The van der Waals surface area contributed by atoms with Crippen molar-refractivity contribution in [1.29, 1.82) is 0 Å². The Morgan fingerprint density at radius 3 is 2.81 bits per heavy atom. The average Bonchev–Trinajstić information content (AvgIpc) is 2.87. The van der Waals surface area contributed by atoms with Crippen molar-refractivity contribution >= 4 is 39.1 Å². The number of thioether (sulfide) groups is 1. The van der Waals surface area contributed by atoms with Gasteiger partial charge in [0.05, 0.1) is 6.42 Å². The van der Waals surface area contributed by atoms with Gasteiger partial charge in [0.15, 0.2) is 0 Å². The van der Waals surface area contributed by atoms with Crippen LogP contribution in [0.3, 0.4) is 0 Å². The van der Waals surface area contributed by atoms with E-state index in [0.717, 1.165) is 37.0 Å². The molecule has 2 atom stereocenters. The fraction of sp³-hybridized carbons (Fsp3) is 0.615. The van der Waals surface area contributed by atoms with E-state index in [1.165, 1.54) is 6.07 Å². The van der Waals surface area contributed by atoms with E-state index in [9.17, 15) is 13.2 Å². The Morgan fingerprint density at radius 2 is 2.14 bits per heavy atom. The quantitative estimate of drug-likeness (QED) is 0.823. The zero-order valence-corrected chi connectivity index (χ0v) is 14.2. The zero-order valence-electron chi connectivity index (χ0n) is 11.7. The van der Waals surface area contributed by atoms with Gasteiger partial charge < -0.3 is 5.11 Å². The maximum Gasteiger partial charge on any atom is 0.308 e. The lowest BCUT2D eigenvalue weighted by atomic mass is 9.96. The van der Waals surface area contributed by atoms with Crippen molar-refractivity contribution in [3.05, 3.63) is 17.0 Å². The maximum absolute atomic E-state index is 12.4. The van der Waals surface area contributed by atoms with Crippen LogP contribution in [-0.4, -0.2) is 37.0 Å². The molecule has 21 heavy (non-hydrogen) atoms. The molecule has 0 saturated heterocycles. The van der Waals surface area contributed by atoms with Crippen LogP contribution in [0, 0.1) is 0 Å². The minimum atomic E-state index is -3.56. The minimum Gasteiger partial charge on any atom is -0.481 e. The third kappa shape index (κ3) is 4.45. The van der Waals surface area contributed by atoms with Gasteiger partial charge in [-0.2, -0.15) is 11.8 Å². The fourth-order valence-corrected chi connectivity index (χ4v) is 6.21. The second-order valence-corrected chi connectivity index (χ2v) is 9.26. The lowest BCUT2D eigenvalue weighted by Gasteiger charge is -2.30. The summed E-state index contributed by atoms with van der Waals surface area (Å²) in [6, 6.07) is 3.02. The summed E-state index contributed by atoms with van der Waals surface area (Å²) in [5.41, 5.74) is 0. The first kappa shape index (κ1) is 16.8. The number of hydrogen-bond donors (Lipinski definition) is 2. The Labute approximate surface area is 133 Å². The molecule has 2 unspecified atom stereocenters. The first-order valence-corrected chi connectivity index (χ1v) is 10.4. The molecule has 0 aliphatic heterocycles. The van der Waals surface area contributed by atoms with Crippen molar-refractivity contribution in [1.82, 2.24) is 4.72 Å². The molecule has 1 aliphatic carbocycles. The number of sulfonamides is 1. The van der Waals surface area contributed by atoms with Gasteiger partial charge in [-0.25, -0.2) is 13.1 Å². The topological polar surface area (TPSA) is 83.5 Å². The summed E-state index contributed by atoms with van der Waals surface area (Å²) in [5.74, 6) is -0.955. The van der Waals surface area contributed by atoms with E-state index < -0.39 is 16.0 Å². The molecular weight excluding hydrogens is 330 g/mol. The zero-order chi connectivity index (χ0) is 15.5. The van der Waals surface area contributed by atoms with Crippen molar-refractivity contribution in [2.75, 3.05) is 6.26 Å². The number of carbonyl (C=O) groups is 1. The highest BCUT2D eigenvalue weighted by atomic mass is 32.2. The molecule has 1 aliphatic rings. The second kappa shape index (κ2) is 7.13. The van der Waals surface area contributed by atoms with Gasteiger partial charge in [0.25, 0.3) is 0 Å². The molecular formula is C13H19NO4S3. The predicted molar refractivity (Wildman–Crippen MR) is 85.5 cm³/mol. The van der Waals surface area contributed by atoms with E-state index in [0.29, 0.717) is 10.1 Å². The van der Waals surface area contributed by atoms with Crippen molar-refractivity contribution in [3.8, 4) is 0 Å². The first-order chi connectivity index (χ1) is 9.92. The molecule has 8 heteroatoms.